The fraction of sp³-hybridized carbons (Fsp3) is 0.889. The van der Waals surface area contributed by atoms with E-state index in [9.17, 15) is 0 Å². The van der Waals surface area contributed by atoms with Gasteiger partial charge in [-0.3, -0.25) is 4.99 Å². The van der Waals surface area contributed by atoms with Gasteiger partial charge in [0.15, 0.2) is 5.96 Å². The number of nitrogens with two attached hydrogens (primary N) is 1. The van der Waals surface area contributed by atoms with Crippen LogP contribution in [0.15, 0.2) is 4.99 Å². The number of rotatable bonds is 4. The van der Waals surface area contributed by atoms with Crippen molar-refractivity contribution in [3.8, 4) is 0 Å². The molecule has 0 aliphatic carbocycles. The van der Waals surface area contributed by atoms with Gasteiger partial charge in [-0.05, 0) is 19.3 Å². The van der Waals surface area contributed by atoms with Crippen LogP contribution in [0.2, 0.25) is 0 Å². The lowest BCUT2D eigenvalue weighted by molar-refractivity contribution is 0.485. The number of nitrogens with zero attached hydrogens (tertiary/aromatic N) is 1. The Morgan fingerprint density at radius 3 is 2.42 bits per heavy atom. The zero-order chi connectivity index (χ0) is 9.56. The summed E-state index contributed by atoms with van der Waals surface area (Å²) in [4.78, 5) is 4.15. The van der Waals surface area contributed by atoms with Gasteiger partial charge in [0.05, 0.1) is 0 Å². The van der Waals surface area contributed by atoms with Crippen LogP contribution in [0.1, 0.15) is 34.1 Å². The molecule has 0 radical (unpaired) electrons. The molecule has 0 aliphatic heterocycles. The Morgan fingerprint density at radius 2 is 2.00 bits per heavy atom. The van der Waals surface area contributed by atoms with Crippen LogP contribution in [0, 0.1) is 5.92 Å². The van der Waals surface area contributed by atoms with Gasteiger partial charge in [0.1, 0.15) is 0 Å². The third-order valence-corrected chi connectivity index (χ3v) is 1.88. The molecule has 0 aliphatic rings. The number of nitrogens with one attached hydrogen (secondary N) is 1. The minimum atomic E-state index is 0.394. The predicted molar refractivity (Wildman–Crippen MR) is 54.2 cm³/mol. The van der Waals surface area contributed by atoms with E-state index in [2.05, 4.69) is 38.0 Å². The van der Waals surface area contributed by atoms with Crippen molar-refractivity contribution >= 4 is 5.96 Å². The smallest absolute Gasteiger partial charge is 0.188 e. The first-order valence-electron chi connectivity index (χ1n) is 4.64. The molecule has 0 saturated carbocycles. The second kappa shape index (κ2) is 5.86. The van der Waals surface area contributed by atoms with Gasteiger partial charge in [-0.25, -0.2) is 0 Å². The van der Waals surface area contributed by atoms with Crippen molar-refractivity contribution < 1.29 is 0 Å². The molecule has 0 rings (SSSR count). The van der Waals surface area contributed by atoms with Crippen LogP contribution in [-0.4, -0.2) is 18.5 Å². The molecule has 3 nitrogen and oxygen atoms in total. The highest BCUT2D eigenvalue weighted by Gasteiger charge is 2.06. The normalized spacial score (nSPS) is 14.9. The Kier molecular flexibility index (Phi) is 5.51. The van der Waals surface area contributed by atoms with Crippen molar-refractivity contribution in [2.75, 3.05) is 6.54 Å². The Labute approximate surface area is 75.4 Å². The quantitative estimate of drug-likeness (QED) is 0.495. The van der Waals surface area contributed by atoms with E-state index in [4.69, 9.17) is 5.73 Å². The van der Waals surface area contributed by atoms with E-state index in [1.54, 1.807) is 0 Å². The molecular weight excluding hydrogens is 150 g/mol. The van der Waals surface area contributed by atoms with Crippen molar-refractivity contribution in [2.45, 2.75) is 40.2 Å². The van der Waals surface area contributed by atoms with E-state index >= 15 is 0 Å². The first kappa shape index (κ1) is 11.3. The summed E-state index contributed by atoms with van der Waals surface area (Å²) in [5, 5.41) is 3.14. The summed E-state index contributed by atoms with van der Waals surface area (Å²) in [6.45, 7) is 9.32. The molecule has 1 unspecified atom stereocenters. The summed E-state index contributed by atoms with van der Waals surface area (Å²) in [5.41, 5.74) is 5.64. The number of aliphatic imine (C=N–C) groups is 1. The molecule has 3 heteroatoms. The Bertz CT molecular complexity index is 141. The Balaban J connectivity index is 3.74. The van der Waals surface area contributed by atoms with Gasteiger partial charge < -0.3 is 11.1 Å². The van der Waals surface area contributed by atoms with Crippen LogP contribution in [0.25, 0.3) is 0 Å². The number of hydrogen-bond donors (Lipinski definition) is 2. The lowest BCUT2D eigenvalue weighted by atomic mass is 10.1. The fourth-order valence-corrected chi connectivity index (χ4v) is 0.678. The Morgan fingerprint density at radius 1 is 1.42 bits per heavy atom. The van der Waals surface area contributed by atoms with Crippen LogP contribution in [0.3, 0.4) is 0 Å². The average molecular weight is 171 g/mol. The molecule has 0 aromatic rings. The molecule has 0 saturated heterocycles. The summed E-state index contributed by atoms with van der Waals surface area (Å²) >= 11 is 0. The summed E-state index contributed by atoms with van der Waals surface area (Å²) in [6, 6.07) is 0.394. The van der Waals surface area contributed by atoms with Gasteiger partial charge in [0.25, 0.3) is 0 Å². The zero-order valence-electron chi connectivity index (χ0n) is 8.59. The lowest BCUT2D eigenvalue weighted by Crippen LogP contribution is -2.41. The van der Waals surface area contributed by atoms with Crippen molar-refractivity contribution in [1.29, 1.82) is 0 Å². The summed E-state index contributed by atoms with van der Waals surface area (Å²) in [5.74, 6) is 1.15. The molecule has 12 heavy (non-hydrogen) atoms. The molecule has 0 heterocycles. The van der Waals surface area contributed by atoms with E-state index < -0.39 is 0 Å². The predicted octanol–water partition coefficient (Wildman–Crippen LogP) is 1.35. The molecule has 0 bridgehead atoms. The van der Waals surface area contributed by atoms with E-state index in [0.717, 1.165) is 13.0 Å². The van der Waals surface area contributed by atoms with Crippen LogP contribution >= 0.6 is 0 Å². The average Bonchev–Trinajstić information content (AvgIpc) is 2.00. The molecular formula is C9H21N3. The van der Waals surface area contributed by atoms with Crippen LogP contribution < -0.4 is 11.1 Å². The monoisotopic (exact) mass is 171 g/mol. The van der Waals surface area contributed by atoms with Crippen molar-refractivity contribution in [3.05, 3.63) is 0 Å². The summed E-state index contributed by atoms with van der Waals surface area (Å²) in [7, 11) is 0. The lowest BCUT2D eigenvalue weighted by Gasteiger charge is -2.17. The molecule has 0 spiro atoms. The van der Waals surface area contributed by atoms with Gasteiger partial charge in [-0.1, -0.05) is 20.8 Å². The molecule has 0 amide bonds. The van der Waals surface area contributed by atoms with Crippen molar-refractivity contribution in [2.24, 2.45) is 16.6 Å². The molecule has 72 valence electrons. The highest BCUT2D eigenvalue weighted by Crippen LogP contribution is 1.98. The highest BCUT2D eigenvalue weighted by atomic mass is 15.1. The van der Waals surface area contributed by atoms with E-state index in [1.165, 1.54) is 0 Å². The van der Waals surface area contributed by atoms with Crippen molar-refractivity contribution in [3.63, 3.8) is 0 Å². The maximum atomic E-state index is 5.64. The molecule has 0 aromatic carbocycles. The van der Waals surface area contributed by atoms with Crippen LogP contribution in [0.5, 0.6) is 0 Å². The molecule has 1 atom stereocenters. The first-order chi connectivity index (χ1) is 5.57. The number of guanidine groups is 1. The van der Waals surface area contributed by atoms with E-state index in [-0.39, 0.29) is 0 Å². The van der Waals surface area contributed by atoms with E-state index in [1.807, 2.05) is 0 Å². The molecule has 0 fully saturated rings. The third kappa shape index (κ3) is 4.99. The summed E-state index contributed by atoms with van der Waals surface area (Å²) in [6.07, 6.45) is 1.04. The first-order valence-corrected chi connectivity index (χ1v) is 4.64. The van der Waals surface area contributed by atoms with Crippen LogP contribution in [-0.2, 0) is 0 Å². The minimum absolute atomic E-state index is 0.394. The largest absolute Gasteiger partial charge is 0.370 e. The third-order valence-electron chi connectivity index (χ3n) is 1.88. The van der Waals surface area contributed by atoms with Gasteiger partial charge in [0, 0.05) is 12.6 Å². The standard InChI is InChI=1S/C9H21N3/c1-5-6-11-9(10)12-8(4)7(2)3/h7-8H,5-6H2,1-4H3,(H3,10,11,12). The van der Waals surface area contributed by atoms with Crippen LogP contribution in [0.4, 0.5) is 0 Å². The minimum Gasteiger partial charge on any atom is -0.370 e. The van der Waals surface area contributed by atoms with Gasteiger partial charge in [-0.15, -0.1) is 0 Å². The van der Waals surface area contributed by atoms with E-state index in [0.29, 0.717) is 17.9 Å². The SMILES string of the molecule is CCCN=C(N)NC(C)C(C)C. The maximum Gasteiger partial charge on any atom is 0.188 e. The molecule has 3 N–H and O–H groups in total. The van der Waals surface area contributed by atoms with Gasteiger partial charge >= 0.3 is 0 Å². The van der Waals surface area contributed by atoms with Gasteiger partial charge in [-0.2, -0.15) is 0 Å². The second-order valence-electron chi connectivity index (χ2n) is 3.44. The molecule has 0 aromatic heterocycles. The number of hydrogen-bond acceptors (Lipinski definition) is 1. The fourth-order valence-electron chi connectivity index (χ4n) is 0.678. The zero-order valence-corrected chi connectivity index (χ0v) is 8.59. The Hall–Kier alpha value is -0.730. The van der Waals surface area contributed by atoms with Gasteiger partial charge in [0.2, 0.25) is 0 Å². The highest BCUT2D eigenvalue weighted by molar-refractivity contribution is 5.78. The maximum absolute atomic E-state index is 5.64. The second-order valence-corrected chi connectivity index (χ2v) is 3.44. The topological polar surface area (TPSA) is 50.4 Å². The van der Waals surface area contributed by atoms with Crippen molar-refractivity contribution in [1.82, 2.24) is 5.32 Å². The summed E-state index contributed by atoms with van der Waals surface area (Å²) < 4.78 is 0.